The number of benzene rings is 2. The summed E-state index contributed by atoms with van der Waals surface area (Å²) in [6, 6.07) is 11.4. The Hall–Kier alpha value is -2.11. The standard InChI is InChI=1S/C22H23Cl2FN2O2/c23-14-20(28)27(19-12-10-17(25)11-13-19)21(15-6-8-16(24)9-7-15)22(29)26-18-4-2-1-3-5-18/h6-13,18,21H,1-5,14H2,(H,26,29)/t21-/m0/s1. The number of nitrogens with zero attached hydrogens (tertiary/aromatic N) is 1. The average molecular weight is 437 g/mol. The van der Waals surface area contributed by atoms with Crippen LogP contribution in [0.4, 0.5) is 10.1 Å². The number of nitrogens with one attached hydrogen (secondary N) is 1. The van der Waals surface area contributed by atoms with E-state index >= 15 is 0 Å². The number of rotatable bonds is 6. The monoisotopic (exact) mass is 436 g/mol. The minimum absolute atomic E-state index is 0.0761. The van der Waals surface area contributed by atoms with E-state index in [9.17, 15) is 14.0 Å². The lowest BCUT2D eigenvalue weighted by Crippen LogP contribution is -2.47. The van der Waals surface area contributed by atoms with Gasteiger partial charge in [-0.3, -0.25) is 14.5 Å². The van der Waals surface area contributed by atoms with Gasteiger partial charge in [0.15, 0.2) is 0 Å². The quantitative estimate of drug-likeness (QED) is 0.629. The molecule has 0 aliphatic heterocycles. The molecule has 29 heavy (non-hydrogen) atoms. The van der Waals surface area contributed by atoms with Gasteiger partial charge in [0.2, 0.25) is 11.8 Å². The molecule has 1 atom stereocenters. The molecular formula is C22H23Cl2FN2O2. The normalized spacial score (nSPS) is 15.6. The minimum atomic E-state index is -0.939. The van der Waals surface area contributed by atoms with Gasteiger partial charge in [-0.15, -0.1) is 11.6 Å². The van der Waals surface area contributed by atoms with Crippen LogP contribution in [0.15, 0.2) is 48.5 Å². The fraction of sp³-hybridized carbons (Fsp3) is 0.364. The Labute approximate surface area is 180 Å². The van der Waals surface area contributed by atoms with Gasteiger partial charge < -0.3 is 5.32 Å². The van der Waals surface area contributed by atoms with Gasteiger partial charge in [0.1, 0.15) is 17.7 Å². The van der Waals surface area contributed by atoms with Crippen LogP contribution in [-0.4, -0.2) is 23.7 Å². The highest BCUT2D eigenvalue weighted by atomic mass is 35.5. The third-order valence-corrected chi connectivity index (χ3v) is 5.61. The molecule has 1 fully saturated rings. The Morgan fingerprint density at radius 1 is 1.03 bits per heavy atom. The maximum atomic E-state index is 13.4. The van der Waals surface area contributed by atoms with Crippen molar-refractivity contribution in [2.45, 2.75) is 44.2 Å². The first-order valence-corrected chi connectivity index (χ1v) is 10.6. The molecule has 1 aliphatic rings. The number of carbonyl (C=O) groups excluding carboxylic acids is 2. The zero-order valence-electron chi connectivity index (χ0n) is 15.9. The van der Waals surface area contributed by atoms with Gasteiger partial charge in [0.05, 0.1) is 0 Å². The highest BCUT2D eigenvalue weighted by Gasteiger charge is 2.33. The number of anilines is 1. The van der Waals surface area contributed by atoms with Crippen molar-refractivity contribution in [3.8, 4) is 0 Å². The van der Waals surface area contributed by atoms with Crippen LogP contribution in [0.1, 0.15) is 43.7 Å². The number of carbonyl (C=O) groups is 2. The van der Waals surface area contributed by atoms with E-state index in [1.807, 2.05) is 0 Å². The Balaban J connectivity index is 2.00. The van der Waals surface area contributed by atoms with Crippen LogP contribution in [0.3, 0.4) is 0 Å². The molecule has 0 saturated heterocycles. The number of hydrogen-bond donors (Lipinski definition) is 1. The summed E-state index contributed by atoms with van der Waals surface area (Å²) >= 11 is 11.9. The molecule has 1 saturated carbocycles. The van der Waals surface area contributed by atoms with Gasteiger partial charge in [0, 0.05) is 16.8 Å². The van der Waals surface area contributed by atoms with Crippen molar-refractivity contribution < 1.29 is 14.0 Å². The van der Waals surface area contributed by atoms with E-state index in [1.165, 1.54) is 35.6 Å². The maximum Gasteiger partial charge on any atom is 0.248 e. The van der Waals surface area contributed by atoms with Crippen molar-refractivity contribution >= 4 is 40.7 Å². The first-order chi connectivity index (χ1) is 14.0. The van der Waals surface area contributed by atoms with Crippen molar-refractivity contribution in [1.29, 1.82) is 0 Å². The number of halogens is 3. The van der Waals surface area contributed by atoms with Gasteiger partial charge in [-0.1, -0.05) is 43.0 Å². The maximum absolute atomic E-state index is 13.4. The molecule has 1 aliphatic carbocycles. The Morgan fingerprint density at radius 3 is 2.24 bits per heavy atom. The molecule has 3 rings (SSSR count). The summed E-state index contributed by atoms with van der Waals surface area (Å²) < 4.78 is 13.4. The molecule has 0 bridgehead atoms. The Bertz CT molecular complexity index is 837. The second-order valence-corrected chi connectivity index (χ2v) is 7.88. The lowest BCUT2D eigenvalue weighted by Gasteiger charge is -2.33. The van der Waals surface area contributed by atoms with E-state index in [4.69, 9.17) is 23.2 Å². The summed E-state index contributed by atoms with van der Waals surface area (Å²) in [6.45, 7) is 0. The fourth-order valence-corrected chi connectivity index (χ4v) is 3.95. The van der Waals surface area contributed by atoms with Crippen molar-refractivity contribution in [2.24, 2.45) is 0 Å². The van der Waals surface area contributed by atoms with Crippen LogP contribution in [0.2, 0.25) is 5.02 Å². The molecule has 0 aromatic heterocycles. The molecule has 4 nitrogen and oxygen atoms in total. The zero-order chi connectivity index (χ0) is 20.8. The third kappa shape index (κ3) is 5.49. The zero-order valence-corrected chi connectivity index (χ0v) is 17.4. The molecule has 2 aromatic rings. The molecular weight excluding hydrogens is 414 g/mol. The average Bonchev–Trinajstić information content (AvgIpc) is 2.74. The van der Waals surface area contributed by atoms with E-state index in [2.05, 4.69) is 5.32 Å². The van der Waals surface area contributed by atoms with Gasteiger partial charge in [-0.25, -0.2) is 4.39 Å². The summed E-state index contributed by atoms with van der Waals surface area (Å²) in [5.74, 6) is -1.47. The lowest BCUT2D eigenvalue weighted by atomic mass is 9.94. The van der Waals surface area contributed by atoms with Crippen molar-refractivity contribution in [1.82, 2.24) is 5.32 Å². The molecule has 2 aromatic carbocycles. The predicted octanol–water partition coefficient (Wildman–Crippen LogP) is 5.24. The van der Waals surface area contributed by atoms with Gasteiger partial charge >= 0.3 is 0 Å². The van der Waals surface area contributed by atoms with Gasteiger partial charge in [-0.2, -0.15) is 0 Å². The summed E-state index contributed by atoms with van der Waals surface area (Å²) in [7, 11) is 0. The SMILES string of the molecule is O=C(NC1CCCCC1)[C@H](c1ccc(Cl)cc1)N(C(=O)CCl)c1ccc(F)cc1. The summed E-state index contributed by atoms with van der Waals surface area (Å²) in [4.78, 5) is 27.4. The van der Waals surface area contributed by atoms with Gasteiger partial charge in [0.25, 0.3) is 0 Å². The molecule has 0 heterocycles. The molecule has 2 amide bonds. The molecule has 154 valence electrons. The van der Waals surface area contributed by atoms with Crippen LogP contribution in [-0.2, 0) is 9.59 Å². The topological polar surface area (TPSA) is 49.4 Å². The lowest BCUT2D eigenvalue weighted by molar-refractivity contribution is -0.126. The fourth-order valence-electron chi connectivity index (χ4n) is 3.69. The van der Waals surface area contributed by atoms with E-state index in [0.29, 0.717) is 16.3 Å². The summed E-state index contributed by atoms with van der Waals surface area (Å²) in [5, 5.41) is 3.61. The van der Waals surface area contributed by atoms with Crippen LogP contribution in [0.5, 0.6) is 0 Å². The molecule has 1 N–H and O–H groups in total. The number of hydrogen-bond acceptors (Lipinski definition) is 2. The Kier molecular flexibility index (Phi) is 7.51. The molecule has 0 radical (unpaired) electrons. The van der Waals surface area contributed by atoms with Crippen LogP contribution in [0.25, 0.3) is 0 Å². The van der Waals surface area contributed by atoms with E-state index in [0.717, 1.165) is 25.7 Å². The van der Waals surface area contributed by atoms with Crippen LogP contribution < -0.4 is 10.2 Å². The first-order valence-electron chi connectivity index (χ1n) is 9.69. The third-order valence-electron chi connectivity index (χ3n) is 5.13. The summed E-state index contributed by atoms with van der Waals surface area (Å²) in [6.07, 6.45) is 5.13. The number of alkyl halides is 1. The van der Waals surface area contributed by atoms with Crippen LogP contribution in [0, 0.1) is 5.82 Å². The number of amides is 2. The molecule has 0 unspecified atom stereocenters. The largest absolute Gasteiger partial charge is 0.351 e. The highest BCUT2D eigenvalue weighted by Crippen LogP contribution is 2.30. The molecule has 0 spiro atoms. The smallest absolute Gasteiger partial charge is 0.248 e. The Morgan fingerprint density at radius 2 is 1.66 bits per heavy atom. The van der Waals surface area contributed by atoms with E-state index in [1.54, 1.807) is 24.3 Å². The van der Waals surface area contributed by atoms with Crippen molar-refractivity contribution in [3.05, 3.63) is 64.9 Å². The van der Waals surface area contributed by atoms with E-state index < -0.39 is 17.8 Å². The second-order valence-electron chi connectivity index (χ2n) is 7.17. The molecule has 7 heteroatoms. The van der Waals surface area contributed by atoms with Crippen LogP contribution >= 0.6 is 23.2 Å². The highest BCUT2D eigenvalue weighted by molar-refractivity contribution is 6.30. The van der Waals surface area contributed by atoms with Crippen molar-refractivity contribution in [3.63, 3.8) is 0 Å². The first kappa shape index (κ1) is 21.6. The second kappa shape index (κ2) is 10.1. The summed E-state index contributed by atoms with van der Waals surface area (Å²) in [5.41, 5.74) is 1.00. The van der Waals surface area contributed by atoms with Gasteiger partial charge in [-0.05, 0) is 54.8 Å². The van der Waals surface area contributed by atoms with E-state index in [-0.39, 0.29) is 17.8 Å². The van der Waals surface area contributed by atoms with Crippen molar-refractivity contribution in [2.75, 3.05) is 10.8 Å². The minimum Gasteiger partial charge on any atom is -0.351 e. The predicted molar refractivity (Wildman–Crippen MR) is 114 cm³/mol.